The van der Waals surface area contributed by atoms with Gasteiger partial charge in [-0.1, -0.05) is 6.92 Å². The number of hydrogen-bond acceptors (Lipinski definition) is 4. The van der Waals surface area contributed by atoms with E-state index >= 15 is 0 Å². The summed E-state index contributed by atoms with van der Waals surface area (Å²) in [6, 6.07) is 5.09. The van der Waals surface area contributed by atoms with Crippen LogP contribution in [0.15, 0.2) is 22.7 Å². The molecular formula is C13H21BrN2O3S. The van der Waals surface area contributed by atoms with Gasteiger partial charge in [-0.25, -0.2) is 8.42 Å². The molecule has 0 bridgehead atoms. The number of methoxy groups -OCH3 is 1. The predicted octanol–water partition coefficient (Wildman–Crippen LogP) is 2.59. The number of halogens is 1. The monoisotopic (exact) mass is 364 g/mol. The fourth-order valence-corrected chi connectivity index (χ4v) is 3.16. The number of sulfonamides is 1. The van der Waals surface area contributed by atoms with Crippen molar-refractivity contribution in [2.24, 2.45) is 0 Å². The minimum absolute atomic E-state index is 0.0993. The van der Waals surface area contributed by atoms with E-state index in [0.29, 0.717) is 24.4 Å². The number of hydrogen-bond donors (Lipinski definition) is 2. The summed E-state index contributed by atoms with van der Waals surface area (Å²) in [6.45, 7) is 3.70. The molecule has 1 rings (SSSR count). The largest absolute Gasteiger partial charge is 0.495 e. The van der Waals surface area contributed by atoms with Gasteiger partial charge in [0.15, 0.2) is 0 Å². The van der Waals surface area contributed by atoms with E-state index in [-0.39, 0.29) is 5.75 Å². The second-order valence-corrected chi connectivity index (χ2v) is 7.07. The SMILES string of the molecule is CCCNCCCS(=O)(=O)Nc1ccc(Br)c(OC)c1. The van der Waals surface area contributed by atoms with E-state index < -0.39 is 10.0 Å². The fourth-order valence-electron chi connectivity index (χ4n) is 1.64. The molecule has 0 spiro atoms. The lowest BCUT2D eigenvalue weighted by atomic mass is 10.3. The van der Waals surface area contributed by atoms with Gasteiger partial charge in [0.25, 0.3) is 0 Å². The Morgan fingerprint density at radius 3 is 2.70 bits per heavy atom. The van der Waals surface area contributed by atoms with Crippen LogP contribution in [0, 0.1) is 0 Å². The molecular weight excluding hydrogens is 344 g/mol. The van der Waals surface area contributed by atoms with Crippen LogP contribution < -0.4 is 14.8 Å². The van der Waals surface area contributed by atoms with Gasteiger partial charge < -0.3 is 10.1 Å². The smallest absolute Gasteiger partial charge is 0.232 e. The van der Waals surface area contributed by atoms with E-state index in [1.54, 1.807) is 18.2 Å². The highest BCUT2D eigenvalue weighted by Gasteiger charge is 2.11. The van der Waals surface area contributed by atoms with Crippen molar-refractivity contribution in [1.82, 2.24) is 5.32 Å². The zero-order valence-corrected chi connectivity index (χ0v) is 14.2. The lowest BCUT2D eigenvalue weighted by Crippen LogP contribution is -2.22. The van der Waals surface area contributed by atoms with Gasteiger partial charge in [-0.05, 0) is 54.0 Å². The van der Waals surface area contributed by atoms with Crippen LogP contribution in [-0.2, 0) is 10.0 Å². The third kappa shape index (κ3) is 6.11. The molecule has 0 heterocycles. The summed E-state index contributed by atoms with van der Waals surface area (Å²) in [5.41, 5.74) is 0.506. The Labute approximate surface area is 129 Å². The molecule has 5 nitrogen and oxygen atoms in total. The molecule has 0 saturated carbocycles. The molecule has 0 aliphatic carbocycles. The van der Waals surface area contributed by atoms with Crippen LogP contribution in [0.5, 0.6) is 5.75 Å². The molecule has 1 aromatic rings. The Morgan fingerprint density at radius 2 is 2.05 bits per heavy atom. The molecule has 7 heteroatoms. The van der Waals surface area contributed by atoms with Crippen molar-refractivity contribution in [3.8, 4) is 5.75 Å². The van der Waals surface area contributed by atoms with Crippen molar-refractivity contribution in [2.75, 3.05) is 30.7 Å². The van der Waals surface area contributed by atoms with E-state index in [2.05, 4.69) is 32.9 Å². The number of anilines is 1. The summed E-state index contributed by atoms with van der Waals surface area (Å²) >= 11 is 3.33. The summed E-state index contributed by atoms with van der Waals surface area (Å²) in [7, 11) is -1.78. The van der Waals surface area contributed by atoms with Crippen LogP contribution in [0.1, 0.15) is 19.8 Å². The van der Waals surface area contributed by atoms with Crippen molar-refractivity contribution in [3.05, 3.63) is 22.7 Å². The molecule has 0 aliphatic rings. The molecule has 2 N–H and O–H groups in total. The minimum Gasteiger partial charge on any atom is -0.495 e. The zero-order chi connectivity index (χ0) is 15.0. The van der Waals surface area contributed by atoms with Crippen molar-refractivity contribution < 1.29 is 13.2 Å². The van der Waals surface area contributed by atoms with Crippen molar-refractivity contribution in [2.45, 2.75) is 19.8 Å². The maximum absolute atomic E-state index is 11.9. The highest BCUT2D eigenvalue weighted by atomic mass is 79.9. The maximum atomic E-state index is 11.9. The minimum atomic E-state index is -3.32. The molecule has 0 unspecified atom stereocenters. The van der Waals surface area contributed by atoms with Gasteiger partial charge in [-0.2, -0.15) is 0 Å². The van der Waals surface area contributed by atoms with Crippen LogP contribution >= 0.6 is 15.9 Å². The zero-order valence-electron chi connectivity index (χ0n) is 11.8. The lowest BCUT2D eigenvalue weighted by molar-refractivity contribution is 0.412. The molecule has 0 saturated heterocycles. The first-order chi connectivity index (χ1) is 9.48. The van der Waals surface area contributed by atoms with Crippen LogP contribution in [0.4, 0.5) is 5.69 Å². The van der Waals surface area contributed by atoms with Gasteiger partial charge in [0.05, 0.1) is 23.0 Å². The molecule has 0 amide bonds. The van der Waals surface area contributed by atoms with E-state index in [4.69, 9.17) is 4.74 Å². The van der Waals surface area contributed by atoms with Crippen molar-refractivity contribution in [3.63, 3.8) is 0 Å². The molecule has 114 valence electrons. The fraction of sp³-hybridized carbons (Fsp3) is 0.538. The highest BCUT2D eigenvalue weighted by molar-refractivity contribution is 9.10. The van der Waals surface area contributed by atoms with E-state index in [1.807, 2.05) is 0 Å². The van der Waals surface area contributed by atoms with E-state index in [1.165, 1.54) is 7.11 Å². The van der Waals surface area contributed by atoms with Crippen LogP contribution in [0.25, 0.3) is 0 Å². The van der Waals surface area contributed by atoms with E-state index in [0.717, 1.165) is 17.4 Å². The molecule has 0 aromatic heterocycles. The Bertz CT molecular complexity index is 520. The Morgan fingerprint density at radius 1 is 1.30 bits per heavy atom. The normalized spacial score (nSPS) is 11.3. The van der Waals surface area contributed by atoms with Crippen LogP contribution in [0.2, 0.25) is 0 Å². The number of nitrogens with one attached hydrogen (secondary N) is 2. The third-order valence-corrected chi connectivity index (χ3v) is 4.65. The van der Waals surface area contributed by atoms with Gasteiger partial charge >= 0.3 is 0 Å². The second kappa shape index (κ2) is 8.49. The number of benzene rings is 1. The first-order valence-corrected chi connectivity index (χ1v) is 8.97. The maximum Gasteiger partial charge on any atom is 0.232 e. The van der Waals surface area contributed by atoms with Crippen LogP contribution in [-0.4, -0.2) is 34.4 Å². The molecule has 0 fully saturated rings. The van der Waals surface area contributed by atoms with Crippen molar-refractivity contribution in [1.29, 1.82) is 0 Å². The topological polar surface area (TPSA) is 67.4 Å². The molecule has 0 aliphatic heterocycles. The first-order valence-electron chi connectivity index (χ1n) is 6.53. The van der Waals surface area contributed by atoms with Crippen LogP contribution in [0.3, 0.4) is 0 Å². The summed E-state index contributed by atoms with van der Waals surface area (Å²) in [6.07, 6.45) is 1.63. The number of ether oxygens (including phenoxy) is 1. The first kappa shape index (κ1) is 17.3. The summed E-state index contributed by atoms with van der Waals surface area (Å²) in [4.78, 5) is 0. The highest BCUT2D eigenvalue weighted by Crippen LogP contribution is 2.28. The summed E-state index contributed by atoms with van der Waals surface area (Å²) < 4.78 is 32.3. The van der Waals surface area contributed by atoms with Gasteiger partial charge in [0, 0.05) is 6.07 Å². The Hall–Kier alpha value is -0.790. The summed E-state index contributed by atoms with van der Waals surface area (Å²) in [5.74, 6) is 0.692. The quantitative estimate of drug-likeness (QED) is 0.660. The van der Waals surface area contributed by atoms with Crippen molar-refractivity contribution >= 4 is 31.6 Å². The standard InChI is InChI=1S/C13H21BrN2O3S/c1-3-7-15-8-4-9-20(17,18)16-11-5-6-12(14)13(10-11)19-2/h5-6,10,15-16H,3-4,7-9H2,1-2H3. The molecule has 1 aromatic carbocycles. The van der Waals surface area contributed by atoms with Gasteiger partial charge in [0.1, 0.15) is 5.75 Å². The van der Waals surface area contributed by atoms with Gasteiger partial charge in [-0.3, -0.25) is 4.72 Å². The molecule has 0 radical (unpaired) electrons. The Balaban J connectivity index is 2.53. The molecule has 0 atom stereocenters. The lowest BCUT2D eigenvalue weighted by Gasteiger charge is -2.10. The second-order valence-electron chi connectivity index (χ2n) is 4.37. The summed E-state index contributed by atoms with van der Waals surface area (Å²) in [5, 5.41) is 3.18. The average molecular weight is 365 g/mol. The number of rotatable bonds is 9. The predicted molar refractivity (Wildman–Crippen MR) is 85.9 cm³/mol. The molecule has 20 heavy (non-hydrogen) atoms. The average Bonchev–Trinajstić information content (AvgIpc) is 2.40. The van der Waals surface area contributed by atoms with Gasteiger partial charge in [0.2, 0.25) is 10.0 Å². The van der Waals surface area contributed by atoms with Gasteiger partial charge in [-0.15, -0.1) is 0 Å². The van der Waals surface area contributed by atoms with E-state index in [9.17, 15) is 8.42 Å². The Kier molecular flexibility index (Phi) is 7.32. The third-order valence-electron chi connectivity index (χ3n) is 2.62.